The SMILES string of the molecule is COc1ccc(C(=O)N[C@H](C)c2ccccc2Cl)c(OC)c1. The van der Waals surface area contributed by atoms with Gasteiger partial charge in [-0.15, -0.1) is 0 Å². The Morgan fingerprint density at radius 1 is 1.14 bits per heavy atom. The predicted molar refractivity (Wildman–Crippen MR) is 86.9 cm³/mol. The zero-order chi connectivity index (χ0) is 16.1. The van der Waals surface area contributed by atoms with Gasteiger partial charge < -0.3 is 14.8 Å². The van der Waals surface area contributed by atoms with Crippen molar-refractivity contribution in [2.24, 2.45) is 0 Å². The van der Waals surface area contributed by atoms with Gasteiger partial charge in [-0.3, -0.25) is 4.79 Å². The molecule has 2 rings (SSSR count). The minimum Gasteiger partial charge on any atom is -0.497 e. The van der Waals surface area contributed by atoms with E-state index in [4.69, 9.17) is 21.1 Å². The summed E-state index contributed by atoms with van der Waals surface area (Å²) >= 11 is 6.15. The average molecular weight is 320 g/mol. The Kier molecular flexibility index (Phi) is 5.28. The Morgan fingerprint density at radius 2 is 1.86 bits per heavy atom. The third kappa shape index (κ3) is 3.52. The molecule has 0 bridgehead atoms. The first-order valence-electron chi connectivity index (χ1n) is 6.84. The van der Waals surface area contributed by atoms with Gasteiger partial charge in [-0.1, -0.05) is 29.8 Å². The molecule has 1 amide bonds. The highest BCUT2D eigenvalue weighted by atomic mass is 35.5. The topological polar surface area (TPSA) is 47.6 Å². The molecule has 0 saturated heterocycles. The summed E-state index contributed by atoms with van der Waals surface area (Å²) in [7, 11) is 3.08. The van der Waals surface area contributed by atoms with Gasteiger partial charge in [-0.25, -0.2) is 0 Å². The van der Waals surface area contributed by atoms with E-state index in [-0.39, 0.29) is 11.9 Å². The third-order valence-corrected chi connectivity index (χ3v) is 3.72. The molecular weight excluding hydrogens is 302 g/mol. The summed E-state index contributed by atoms with van der Waals surface area (Å²) in [5.41, 5.74) is 1.31. The fourth-order valence-corrected chi connectivity index (χ4v) is 2.46. The molecule has 4 nitrogen and oxygen atoms in total. The van der Waals surface area contributed by atoms with E-state index >= 15 is 0 Å². The van der Waals surface area contributed by atoms with Crippen LogP contribution in [0.25, 0.3) is 0 Å². The number of methoxy groups -OCH3 is 2. The van der Waals surface area contributed by atoms with E-state index in [1.165, 1.54) is 7.11 Å². The molecule has 2 aromatic carbocycles. The van der Waals surface area contributed by atoms with Crippen molar-refractivity contribution in [2.45, 2.75) is 13.0 Å². The first-order valence-corrected chi connectivity index (χ1v) is 7.22. The van der Waals surface area contributed by atoms with E-state index in [0.717, 1.165) is 5.56 Å². The van der Waals surface area contributed by atoms with Crippen molar-refractivity contribution in [1.82, 2.24) is 5.32 Å². The lowest BCUT2D eigenvalue weighted by Gasteiger charge is -2.17. The van der Waals surface area contributed by atoms with Gasteiger partial charge in [-0.2, -0.15) is 0 Å². The molecule has 0 aliphatic rings. The molecule has 0 aliphatic heterocycles. The number of carbonyl (C=O) groups excluding carboxylic acids is 1. The molecule has 0 spiro atoms. The van der Waals surface area contributed by atoms with Crippen molar-refractivity contribution in [3.8, 4) is 11.5 Å². The molecule has 0 heterocycles. The number of rotatable bonds is 5. The number of nitrogens with one attached hydrogen (secondary N) is 1. The Balaban J connectivity index is 2.20. The molecule has 0 saturated carbocycles. The monoisotopic (exact) mass is 319 g/mol. The number of halogens is 1. The largest absolute Gasteiger partial charge is 0.497 e. The van der Waals surface area contributed by atoms with Gasteiger partial charge in [0.15, 0.2) is 0 Å². The van der Waals surface area contributed by atoms with Gasteiger partial charge in [0, 0.05) is 11.1 Å². The van der Waals surface area contributed by atoms with Crippen LogP contribution < -0.4 is 14.8 Å². The molecule has 116 valence electrons. The highest BCUT2D eigenvalue weighted by Crippen LogP contribution is 2.26. The first kappa shape index (κ1) is 16.2. The maximum atomic E-state index is 12.4. The van der Waals surface area contributed by atoms with E-state index in [9.17, 15) is 4.79 Å². The third-order valence-electron chi connectivity index (χ3n) is 3.37. The molecule has 5 heteroatoms. The zero-order valence-corrected chi connectivity index (χ0v) is 13.5. The summed E-state index contributed by atoms with van der Waals surface area (Å²) in [4.78, 5) is 12.4. The van der Waals surface area contributed by atoms with Crippen LogP contribution in [0.5, 0.6) is 11.5 Å². The van der Waals surface area contributed by atoms with Gasteiger partial charge >= 0.3 is 0 Å². The van der Waals surface area contributed by atoms with E-state index in [1.54, 1.807) is 31.4 Å². The fourth-order valence-electron chi connectivity index (χ4n) is 2.16. The summed E-state index contributed by atoms with van der Waals surface area (Å²) in [6.45, 7) is 1.88. The molecular formula is C17H18ClNO3. The molecule has 0 radical (unpaired) electrons. The second kappa shape index (κ2) is 7.18. The van der Waals surface area contributed by atoms with Crippen LogP contribution in [0, 0.1) is 0 Å². The van der Waals surface area contributed by atoms with Gasteiger partial charge in [0.1, 0.15) is 11.5 Å². The lowest BCUT2D eigenvalue weighted by Crippen LogP contribution is -2.27. The van der Waals surface area contributed by atoms with E-state index in [1.807, 2.05) is 25.1 Å². The highest BCUT2D eigenvalue weighted by Gasteiger charge is 2.17. The van der Waals surface area contributed by atoms with Gasteiger partial charge in [0.25, 0.3) is 5.91 Å². The maximum Gasteiger partial charge on any atom is 0.255 e. The van der Waals surface area contributed by atoms with Crippen molar-refractivity contribution in [2.75, 3.05) is 14.2 Å². The standard InChI is InChI=1S/C17H18ClNO3/c1-11(13-6-4-5-7-15(13)18)19-17(20)14-9-8-12(21-2)10-16(14)22-3/h4-11H,1-3H3,(H,19,20)/t11-/m1/s1. The number of hydrogen-bond donors (Lipinski definition) is 1. The summed E-state index contributed by atoms with van der Waals surface area (Å²) in [6.07, 6.45) is 0. The number of ether oxygens (including phenoxy) is 2. The molecule has 0 aromatic heterocycles. The fraction of sp³-hybridized carbons (Fsp3) is 0.235. The van der Waals surface area contributed by atoms with Gasteiger partial charge in [-0.05, 0) is 30.7 Å². The van der Waals surface area contributed by atoms with Gasteiger partial charge in [0.2, 0.25) is 0 Å². The number of benzene rings is 2. The number of hydrogen-bond acceptors (Lipinski definition) is 3. The van der Waals surface area contributed by atoms with Crippen LogP contribution >= 0.6 is 11.6 Å². The van der Waals surface area contributed by atoms with Gasteiger partial charge in [0.05, 0.1) is 25.8 Å². The molecule has 0 aliphatic carbocycles. The Labute approximate surface area is 135 Å². The van der Waals surface area contributed by atoms with Crippen molar-refractivity contribution >= 4 is 17.5 Å². The zero-order valence-electron chi connectivity index (χ0n) is 12.7. The lowest BCUT2D eigenvalue weighted by molar-refractivity contribution is 0.0937. The van der Waals surface area contributed by atoms with E-state index in [0.29, 0.717) is 22.1 Å². The van der Waals surface area contributed by atoms with Crippen LogP contribution in [-0.2, 0) is 0 Å². The second-order valence-electron chi connectivity index (χ2n) is 4.78. The Hall–Kier alpha value is -2.20. The smallest absolute Gasteiger partial charge is 0.255 e. The summed E-state index contributed by atoms with van der Waals surface area (Å²) < 4.78 is 10.4. The normalized spacial score (nSPS) is 11.6. The van der Waals surface area contributed by atoms with Crippen LogP contribution in [0.1, 0.15) is 28.9 Å². The molecule has 0 fully saturated rings. The van der Waals surface area contributed by atoms with Crippen LogP contribution in [0.3, 0.4) is 0 Å². The Bertz CT molecular complexity index is 673. The van der Waals surface area contributed by atoms with E-state index in [2.05, 4.69) is 5.32 Å². The highest BCUT2D eigenvalue weighted by molar-refractivity contribution is 6.31. The number of carbonyl (C=O) groups is 1. The lowest BCUT2D eigenvalue weighted by atomic mass is 10.1. The van der Waals surface area contributed by atoms with E-state index < -0.39 is 0 Å². The van der Waals surface area contributed by atoms with Crippen LogP contribution in [0.2, 0.25) is 5.02 Å². The van der Waals surface area contributed by atoms with Crippen molar-refractivity contribution in [3.05, 3.63) is 58.6 Å². The molecule has 1 atom stereocenters. The van der Waals surface area contributed by atoms with Crippen LogP contribution in [-0.4, -0.2) is 20.1 Å². The van der Waals surface area contributed by atoms with Crippen LogP contribution in [0.15, 0.2) is 42.5 Å². The minimum atomic E-state index is -0.230. The summed E-state index contributed by atoms with van der Waals surface area (Å²) in [6, 6.07) is 12.3. The quantitative estimate of drug-likeness (QED) is 0.910. The molecule has 0 unspecified atom stereocenters. The Morgan fingerprint density at radius 3 is 2.50 bits per heavy atom. The summed E-state index contributed by atoms with van der Waals surface area (Å²) in [5.74, 6) is 0.864. The molecule has 1 N–H and O–H groups in total. The molecule has 22 heavy (non-hydrogen) atoms. The number of amides is 1. The van der Waals surface area contributed by atoms with Crippen molar-refractivity contribution < 1.29 is 14.3 Å². The minimum absolute atomic E-state index is 0.215. The maximum absolute atomic E-state index is 12.4. The molecule has 2 aromatic rings. The first-order chi connectivity index (χ1) is 10.6. The van der Waals surface area contributed by atoms with Crippen LogP contribution in [0.4, 0.5) is 0 Å². The van der Waals surface area contributed by atoms with Crippen molar-refractivity contribution in [3.63, 3.8) is 0 Å². The van der Waals surface area contributed by atoms with Crippen molar-refractivity contribution in [1.29, 1.82) is 0 Å². The predicted octanol–water partition coefficient (Wildman–Crippen LogP) is 3.85. The average Bonchev–Trinajstić information content (AvgIpc) is 2.54. The summed E-state index contributed by atoms with van der Waals surface area (Å²) in [5, 5.41) is 3.54. The second-order valence-corrected chi connectivity index (χ2v) is 5.19.